The monoisotopic (exact) mass is 516 g/mol. The van der Waals surface area contributed by atoms with E-state index in [0.29, 0.717) is 31.5 Å². The molecule has 0 unspecified atom stereocenters. The third-order valence-corrected chi connectivity index (χ3v) is 4.49. The minimum Gasteiger partial charge on any atom is -0.428 e. The van der Waals surface area contributed by atoms with Crippen LogP contribution < -0.4 is 0 Å². The Morgan fingerprint density at radius 3 is 1.75 bits per heavy atom. The molecule has 0 bridgehead atoms. The molecule has 4 amide bonds. The zero-order valence-corrected chi connectivity index (χ0v) is 19.5. The van der Waals surface area contributed by atoms with Crippen LogP contribution in [-0.2, 0) is 57.2 Å². The number of esters is 1. The van der Waals surface area contributed by atoms with Crippen molar-refractivity contribution in [3.05, 3.63) is 12.2 Å². The van der Waals surface area contributed by atoms with Gasteiger partial charge >= 0.3 is 12.1 Å². The molecule has 2 heterocycles. The quantitative estimate of drug-likeness (QED) is 0.0948. The fraction of sp³-hybridized carbons (Fsp3) is 0.619. The highest BCUT2D eigenvalue weighted by molar-refractivity contribution is 6.12. The Balaban J connectivity index is 1.30. The third kappa shape index (κ3) is 10.9. The van der Waals surface area contributed by atoms with Crippen molar-refractivity contribution < 1.29 is 62.0 Å². The lowest BCUT2D eigenvalue weighted by Gasteiger charge is -2.13. The minimum absolute atomic E-state index is 0.0515. The summed E-state index contributed by atoms with van der Waals surface area (Å²) in [5, 5.41) is 0.311. The van der Waals surface area contributed by atoms with E-state index in [1.165, 1.54) is 12.2 Å². The molecule has 0 N–H and O–H groups in total. The van der Waals surface area contributed by atoms with E-state index < -0.39 is 30.7 Å². The summed E-state index contributed by atoms with van der Waals surface area (Å²) in [6.07, 6.45) is 0.895. The number of hydrogen-bond donors (Lipinski definition) is 0. The molecule has 15 nitrogen and oxygen atoms in total. The summed E-state index contributed by atoms with van der Waals surface area (Å²) >= 11 is 0. The Bertz CT molecular complexity index is 795. The van der Waals surface area contributed by atoms with E-state index in [1.54, 1.807) is 0 Å². The van der Waals surface area contributed by atoms with Crippen LogP contribution in [0.25, 0.3) is 0 Å². The molecule has 0 atom stereocenters. The first-order chi connectivity index (χ1) is 17.4. The Labute approximate surface area is 206 Å². The number of hydrogen-bond acceptors (Lipinski definition) is 13. The average Bonchev–Trinajstić information content (AvgIpc) is 3.34. The van der Waals surface area contributed by atoms with Gasteiger partial charge in [-0.25, -0.2) is 4.79 Å². The first kappa shape index (κ1) is 28.8. The third-order valence-electron chi connectivity index (χ3n) is 4.49. The minimum atomic E-state index is -1.35. The van der Waals surface area contributed by atoms with Crippen molar-refractivity contribution in [2.75, 3.05) is 66.2 Å². The lowest BCUT2D eigenvalue weighted by atomic mass is 10.4. The second kappa shape index (κ2) is 16.3. The Kier molecular flexibility index (Phi) is 13.1. The molecule has 200 valence electrons. The van der Waals surface area contributed by atoms with Gasteiger partial charge in [0.05, 0.1) is 65.8 Å². The maximum absolute atomic E-state index is 11.5. The molecule has 0 aromatic carbocycles. The lowest BCUT2D eigenvalue weighted by molar-refractivity contribution is -0.182. The highest BCUT2D eigenvalue weighted by atomic mass is 16.9. The number of carbonyl (C=O) groups excluding carboxylic acids is 6. The molecule has 2 rings (SSSR count). The number of amides is 4. The van der Waals surface area contributed by atoms with Crippen LogP contribution >= 0.6 is 0 Å². The van der Waals surface area contributed by atoms with Crippen molar-refractivity contribution in [1.82, 2.24) is 9.96 Å². The van der Waals surface area contributed by atoms with Crippen molar-refractivity contribution >= 4 is 35.8 Å². The molecule has 2 aliphatic rings. The number of rotatable bonds is 18. The average molecular weight is 516 g/mol. The van der Waals surface area contributed by atoms with Gasteiger partial charge in [0.15, 0.2) is 0 Å². The first-order valence-electron chi connectivity index (χ1n) is 11.1. The van der Waals surface area contributed by atoms with E-state index in [2.05, 4.69) is 14.3 Å². The summed E-state index contributed by atoms with van der Waals surface area (Å²) in [6.45, 7) is 1.57. The highest BCUT2D eigenvalue weighted by Gasteiger charge is 2.33. The molecule has 0 aromatic rings. The largest absolute Gasteiger partial charge is 0.536 e. The van der Waals surface area contributed by atoms with Crippen molar-refractivity contribution in [2.24, 2.45) is 0 Å². The van der Waals surface area contributed by atoms with E-state index in [-0.39, 0.29) is 64.0 Å². The van der Waals surface area contributed by atoms with Crippen molar-refractivity contribution in [2.45, 2.75) is 19.3 Å². The molecule has 0 aliphatic carbocycles. The zero-order chi connectivity index (χ0) is 26.2. The van der Waals surface area contributed by atoms with Gasteiger partial charge in [0.1, 0.15) is 0 Å². The number of ether oxygens (including phenoxy) is 6. The van der Waals surface area contributed by atoms with E-state index in [0.717, 1.165) is 4.90 Å². The van der Waals surface area contributed by atoms with Gasteiger partial charge in [-0.15, -0.1) is 0 Å². The van der Waals surface area contributed by atoms with Gasteiger partial charge in [0.2, 0.25) is 6.79 Å². The van der Waals surface area contributed by atoms with E-state index in [4.69, 9.17) is 18.9 Å². The molecule has 0 radical (unpaired) electrons. The molecule has 0 aromatic heterocycles. The fourth-order valence-corrected chi connectivity index (χ4v) is 2.70. The van der Waals surface area contributed by atoms with Gasteiger partial charge in [0.25, 0.3) is 23.6 Å². The predicted molar refractivity (Wildman–Crippen MR) is 113 cm³/mol. The van der Waals surface area contributed by atoms with Crippen LogP contribution in [0.15, 0.2) is 12.2 Å². The maximum atomic E-state index is 11.5. The lowest BCUT2D eigenvalue weighted by Crippen LogP contribution is -2.33. The molecule has 2 aliphatic heterocycles. The summed E-state index contributed by atoms with van der Waals surface area (Å²) in [7, 11) is 0. The molecule has 1 fully saturated rings. The van der Waals surface area contributed by atoms with E-state index in [9.17, 15) is 28.8 Å². The molecular weight excluding hydrogens is 488 g/mol. The van der Waals surface area contributed by atoms with Gasteiger partial charge in [-0.2, -0.15) is 0 Å². The first-order valence-corrected chi connectivity index (χ1v) is 11.1. The van der Waals surface area contributed by atoms with Crippen LogP contribution in [-0.4, -0.2) is 112 Å². The zero-order valence-electron chi connectivity index (χ0n) is 19.5. The maximum Gasteiger partial charge on any atom is 0.536 e. The predicted octanol–water partition coefficient (Wildman–Crippen LogP) is -0.914. The standard InChI is InChI=1S/C21H28N2O13/c24-16-1-2-17(25)22(16)6-8-31-10-12-33-14-13-32-11-9-30-7-5-20(28)34-15-35-21(29)36-23-18(26)3-4-19(23)27/h1-2H,3-15H2. The van der Waals surface area contributed by atoms with Gasteiger partial charge in [-0.3, -0.25) is 33.7 Å². The van der Waals surface area contributed by atoms with Crippen LogP contribution in [0.4, 0.5) is 4.79 Å². The van der Waals surface area contributed by atoms with Crippen LogP contribution in [0.5, 0.6) is 0 Å². The van der Waals surface area contributed by atoms with Gasteiger partial charge in [-0.1, -0.05) is 5.06 Å². The van der Waals surface area contributed by atoms with Crippen LogP contribution in [0.1, 0.15) is 19.3 Å². The summed E-state index contributed by atoms with van der Waals surface area (Å²) in [5.74, 6) is -2.69. The van der Waals surface area contributed by atoms with Crippen LogP contribution in [0.3, 0.4) is 0 Å². The summed E-state index contributed by atoms with van der Waals surface area (Å²) in [6, 6.07) is 0. The second-order valence-electron chi connectivity index (χ2n) is 7.06. The number of carbonyl (C=O) groups is 6. The molecule has 0 saturated carbocycles. The molecule has 0 spiro atoms. The number of hydroxylamine groups is 2. The van der Waals surface area contributed by atoms with E-state index in [1.807, 2.05) is 0 Å². The SMILES string of the molecule is O=C(CCOCCOCCOCCOCCN1C(=O)C=CC1=O)OCOC(=O)ON1C(=O)CCC1=O. The second-order valence-corrected chi connectivity index (χ2v) is 7.06. The Morgan fingerprint density at radius 2 is 1.19 bits per heavy atom. The number of imide groups is 2. The smallest absolute Gasteiger partial charge is 0.428 e. The van der Waals surface area contributed by atoms with Crippen LogP contribution in [0.2, 0.25) is 0 Å². The van der Waals surface area contributed by atoms with Crippen molar-refractivity contribution in [3.8, 4) is 0 Å². The Hall–Kier alpha value is -3.40. The molecule has 36 heavy (non-hydrogen) atoms. The fourth-order valence-electron chi connectivity index (χ4n) is 2.70. The summed E-state index contributed by atoms with van der Waals surface area (Å²) in [5.41, 5.74) is 0. The van der Waals surface area contributed by atoms with Gasteiger partial charge in [-0.05, 0) is 0 Å². The normalized spacial score (nSPS) is 15.2. The number of nitrogens with zero attached hydrogens (tertiary/aromatic N) is 2. The topological polar surface area (TPSA) is 174 Å². The van der Waals surface area contributed by atoms with Crippen molar-refractivity contribution in [3.63, 3.8) is 0 Å². The Morgan fingerprint density at radius 1 is 0.694 bits per heavy atom. The highest BCUT2D eigenvalue weighted by Crippen LogP contribution is 2.12. The summed E-state index contributed by atoms with van der Waals surface area (Å²) in [4.78, 5) is 73.7. The van der Waals surface area contributed by atoms with Crippen LogP contribution in [0, 0.1) is 0 Å². The van der Waals surface area contributed by atoms with E-state index >= 15 is 0 Å². The molecular formula is C21H28N2O13. The summed E-state index contributed by atoms with van der Waals surface area (Å²) < 4.78 is 30.2. The molecule has 1 saturated heterocycles. The van der Waals surface area contributed by atoms with Gasteiger partial charge in [0, 0.05) is 25.0 Å². The van der Waals surface area contributed by atoms with Gasteiger partial charge < -0.3 is 28.4 Å². The molecule has 15 heteroatoms. The van der Waals surface area contributed by atoms with Crippen molar-refractivity contribution in [1.29, 1.82) is 0 Å².